The molecule has 0 saturated carbocycles. The largest absolute Gasteiger partial charge is 0.481 e. The number of carbonyl (C=O) groups is 2. The van der Waals surface area contributed by atoms with Crippen LogP contribution in [0.1, 0.15) is 38.4 Å². The standard InChI is InChI=1S/C20H25NO5S/c1-2-10-20(19(24)25)13-21(11-9-17(20)22)18(23)8-6-14-5-7-15(26-14)16-4-3-12-27-16/h3-5,7,12,17,22H,2,6,8-11,13H2,1H3,(H,24,25)/t17-,20-/m1/s1. The molecule has 1 aliphatic heterocycles. The van der Waals surface area contributed by atoms with Gasteiger partial charge in [-0.1, -0.05) is 19.4 Å². The van der Waals surface area contributed by atoms with Crippen molar-refractivity contribution in [2.24, 2.45) is 5.41 Å². The molecule has 2 aromatic rings. The number of carboxylic acid groups (broad SMARTS) is 1. The van der Waals surface area contributed by atoms with Gasteiger partial charge in [-0.25, -0.2) is 0 Å². The molecular weight excluding hydrogens is 366 g/mol. The number of amides is 1. The van der Waals surface area contributed by atoms with E-state index in [-0.39, 0.29) is 18.9 Å². The van der Waals surface area contributed by atoms with Gasteiger partial charge >= 0.3 is 5.97 Å². The molecule has 2 aromatic heterocycles. The van der Waals surface area contributed by atoms with Crippen molar-refractivity contribution in [2.75, 3.05) is 13.1 Å². The van der Waals surface area contributed by atoms with Crippen LogP contribution < -0.4 is 0 Å². The maximum atomic E-state index is 12.6. The Bertz CT molecular complexity index is 784. The number of carbonyl (C=O) groups excluding carboxylic acids is 1. The minimum atomic E-state index is -1.26. The zero-order valence-electron chi connectivity index (χ0n) is 15.4. The van der Waals surface area contributed by atoms with Gasteiger partial charge in [0.25, 0.3) is 0 Å². The Labute approximate surface area is 162 Å². The summed E-state index contributed by atoms with van der Waals surface area (Å²) in [5, 5.41) is 22.0. The van der Waals surface area contributed by atoms with E-state index in [1.54, 1.807) is 16.2 Å². The van der Waals surface area contributed by atoms with Crippen LogP contribution in [0.15, 0.2) is 34.1 Å². The van der Waals surface area contributed by atoms with Crippen molar-refractivity contribution in [1.82, 2.24) is 4.90 Å². The second kappa shape index (κ2) is 8.27. The number of carboxylic acids is 1. The summed E-state index contributed by atoms with van der Waals surface area (Å²) in [5.74, 6) is 0.405. The Morgan fingerprint density at radius 2 is 2.19 bits per heavy atom. The lowest BCUT2D eigenvalue weighted by molar-refractivity contribution is -0.166. The van der Waals surface area contributed by atoms with Gasteiger partial charge in [0.1, 0.15) is 16.9 Å². The molecule has 0 aromatic carbocycles. The summed E-state index contributed by atoms with van der Waals surface area (Å²) in [7, 11) is 0. The normalized spacial score (nSPS) is 22.7. The second-order valence-electron chi connectivity index (χ2n) is 7.07. The highest BCUT2D eigenvalue weighted by molar-refractivity contribution is 7.13. The van der Waals surface area contributed by atoms with Crippen LogP contribution in [0.3, 0.4) is 0 Å². The number of rotatable bonds is 7. The van der Waals surface area contributed by atoms with Crippen LogP contribution in [0.4, 0.5) is 0 Å². The minimum Gasteiger partial charge on any atom is -0.481 e. The van der Waals surface area contributed by atoms with E-state index in [1.165, 1.54) is 0 Å². The van der Waals surface area contributed by atoms with Crippen molar-refractivity contribution >= 4 is 23.2 Å². The molecule has 7 heteroatoms. The Kier molecular flexibility index (Phi) is 6.01. The van der Waals surface area contributed by atoms with E-state index < -0.39 is 17.5 Å². The number of likely N-dealkylation sites (tertiary alicyclic amines) is 1. The molecule has 0 unspecified atom stereocenters. The molecule has 3 rings (SSSR count). The van der Waals surface area contributed by atoms with Gasteiger partial charge in [0.15, 0.2) is 0 Å². The fourth-order valence-electron chi connectivity index (χ4n) is 3.75. The molecular formula is C20H25NO5S. The molecule has 6 nitrogen and oxygen atoms in total. The van der Waals surface area contributed by atoms with Crippen molar-refractivity contribution in [3.63, 3.8) is 0 Å². The first kappa shape index (κ1) is 19.6. The van der Waals surface area contributed by atoms with Gasteiger partial charge in [-0.2, -0.15) is 0 Å². The number of hydrogen-bond acceptors (Lipinski definition) is 5. The molecule has 0 bridgehead atoms. The third-order valence-electron chi connectivity index (χ3n) is 5.27. The molecule has 1 fully saturated rings. The molecule has 1 aliphatic rings. The quantitative estimate of drug-likeness (QED) is 0.755. The van der Waals surface area contributed by atoms with E-state index in [9.17, 15) is 19.8 Å². The molecule has 146 valence electrons. The predicted molar refractivity (Wildman–Crippen MR) is 103 cm³/mol. The van der Waals surface area contributed by atoms with Crippen molar-refractivity contribution in [1.29, 1.82) is 0 Å². The first-order valence-electron chi connectivity index (χ1n) is 9.28. The Hall–Kier alpha value is -2.12. The fraction of sp³-hybridized carbons (Fsp3) is 0.500. The zero-order chi connectivity index (χ0) is 19.4. The van der Waals surface area contributed by atoms with Gasteiger partial charge < -0.3 is 19.5 Å². The van der Waals surface area contributed by atoms with E-state index in [0.717, 1.165) is 16.4 Å². The number of aliphatic carboxylic acids is 1. The van der Waals surface area contributed by atoms with E-state index in [1.807, 2.05) is 36.6 Å². The first-order chi connectivity index (χ1) is 13.0. The van der Waals surface area contributed by atoms with E-state index in [0.29, 0.717) is 32.2 Å². The third kappa shape index (κ3) is 4.09. The highest BCUT2D eigenvalue weighted by Crippen LogP contribution is 2.36. The van der Waals surface area contributed by atoms with Crippen molar-refractivity contribution in [3.8, 4) is 10.6 Å². The smallest absolute Gasteiger partial charge is 0.314 e. The van der Waals surface area contributed by atoms with Crippen LogP contribution in [-0.2, 0) is 16.0 Å². The highest BCUT2D eigenvalue weighted by atomic mass is 32.1. The summed E-state index contributed by atoms with van der Waals surface area (Å²) in [6, 6.07) is 7.72. The predicted octanol–water partition coefficient (Wildman–Crippen LogP) is 3.41. The summed E-state index contributed by atoms with van der Waals surface area (Å²) in [4.78, 5) is 27.1. The lowest BCUT2D eigenvalue weighted by Crippen LogP contribution is -2.57. The molecule has 0 aliphatic carbocycles. The number of piperidine rings is 1. The second-order valence-corrected chi connectivity index (χ2v) is 8.02. The molecule has 2 atom stereocenters. The van der Waals surface area contributed by atoms with Crippen molar-refractivity contribution < 1.29 is 24.2 Å². The molecule has 1 amide bonds. The van der Waals surface area contributed by atoms with Crippen LogP contribution >= 0.6 is 11.3 Å². The van der Waals surface area contributed by atoms with Crippen LogP contribution in [0.5, 0.6) is 0 Å². The highest BCUT2D eigenvalue weighted by Gasteiger charge is 2.49. The summed E-state index contributed by atoms with van der Waals surface area (Å²) in [5.41, 5.74) is -1.26. The molecule has 1 saturated heterocycles. The lowest BCUT2D eigenvalue weighted by Gasteiger charge is -2.43. The van der Waals surface area contributed by atoms with E-state index >= 15 is 0 Å². The topological polar surface area (TPSA) is 91.0 Å². The van der Waals surface area contributed by atoms with Gasteiger partial charge in [-0.15, -0.1) is 11.3 Å². The molecule has 3 heterocycles. The fourth-order valence-corrected chi connectivity index (χ4v) is 4.44. The third-order valence-corrected chi connectivity index (χ3v) is 6.15. The summed E-state index contributed by atoms with van der Waals surface area (Å²) < 4.78 is 5.81. The van der Waals surface area contributed by atoms with Crippen LogP contribution in [0.2, 0.25) is 0 Å². The van der Waals surface area contributed by atoms with Gasteiger partial charge in [0, 0.05) is 25.9 Å². The molecule has 2 N–H and O–H groups in total. The number of aliphatic hydroxyl groups excluding tert-OH is 1. The zero-order valence-corrected chi connectivity index (χ0v) is 16.2. The maximum absolute atomic E-state index is 12.6. The monoisotopic (exact) mass is 391 g/mol. The SMILES string of the molecule is CCC[C@@]1(C(=O)O)CN(C(=O)CCc2ccc(-c3cccs3)o2)CC[C@H]1O. The molecule has 0 radical (unpaired) electrons. The Morgan fingerprint density at radius 1 is 1.37 bits per heavy atom. The van der Waals surface area contributed by atoms with Crippen molar-refractivity contribution in [2.45, 2.75) is 45.1 Å². The Morgan fingerprint density at radius 3 is 2.85 bits per heavy atom. The van der Waals surface area contributed by atoms with Crippen LogP contribution in [0.25, 0.3) is 10.6 Å². The van der Waals surface area contributed by atoms with Crippen LogP contribution in [0, 0.1) is 5.41 Å². The number of hydrogen-bond donors (Lipinski definition) is 2. The number of furan rings is 1. The molecule has 0 spiro atoms. The summed E-state index contributed by atoms with van der Waals surface area (Å²) >= 11 is 1.60. The first-order valence-corrected chi connectivity index (χ1v) is 10.2. The average molecular weight is 391 g/mol. The number of aliphatic hydroxyl groups is 1. The van der Waals surface area contributed by atoms with Gasteiger partial charge in [0.05, 0.1) is 11.0 Å². The summed E-state index contributed by atoms with van der Waals surface area (Å²) in [6.07, 6.45) is 1.10. The number of aryl methyl sites for hydroxylation is 1. The van der Waals surface area contributed by atoms with Crippen molar-refractivity contribution in [3.05, 3.63) is 35.4 Å². The minimum absolute atomic E-state index is 0.0643. The van der Waals surface area contributed by atoms with Gasteiger partial charge in [-0.3, -0.25) is 9.59 Å². The van der Waals surface area contributed by atoms with Gasteiger partial charge in [0.2, 0.25) is 5.91 Å². The van der Waals surface area contributed by atoms with Gasteiger partial charge in [-0.05, 0) is 36.4 Å². The van der Waals surface area contributed by atoms with Crippen LogP contribution in [-0.4, -0.2) is 46.2 Å². The number of nitrogens with zero attached hydrogens (tertiary/aromatic N) is 1. The van der Waals surface area contributed by atoms with E-state index in [2.05, 4.69) is 0 Å². The molecule has 27 heavy (non-hydrogen) atoms. The lowest BCUT2D eigenvalue weighted by atomic mass is 9.74. The van der Waals surface area contributed by atoms with E-state index in [4.69, 9.17) is 4.42 Å². The number of thiophene rings is 1. The Balaban J connectivity index is 1.61. The summed E-state index contributed by atoms with van der Waals surface area (Å²) in [6.45, 7) is 2.34. The average Bonchev–Trinajstić information content (AvgIpc) is 3.33. The maximum Gasteiger partial charge on any atom is 0.314 e.